The Hall–Kier alpha value is -4.31. The molecule has 0 aliphatic carbocycles. The van der Waals surface area contributed by atoms with Gasteiger partial charge >= 0.3 is 0 Å². The van der Waals surface area contributed by atoms with Crippen molar-refractivity contribution < 1.29 is 26.7 Å². The van der Waals surface area contributed by atoms with E-state index in [0.717, 1.165) is 35.5 Å². The lowest BCUT2D eigenvalue weighted by Gasteiger charge is -2.14. The summed E-state index contributed by atoms with van der Waals surface area (Å²) < 4.78 is 67.9. The number of aryl methyl sites for hydroxylation is 1. The summed E-state index contributed by atoms with van der Waals surface area (Å²) in [7, 11) is -3.25. The Morgan fingerprint density at radius 2 is 2.00 bits per heavy atom. The predicted molar refractivity (Wildman–Crippen MR) is 120 cm³/mol. The minimum absolute atomic E-state index is 0.0470. The fraction of sp³-hybridized carbons (Fsp3) is 0.182. The van der Waals surface area contributed by atoms with E-state index in [4.69, 9.17) is 14.7 Å². The minimum atomic E-state index is -4.45. The largest absolute Gasteiger partial charge is 0.487 e. The highest BCUT2D eigenvalue weighted by molar-refractivity contribution is 7.92. The van der Waals surface area contributed by atoms with E-state index in [1.54, 1.807) is 12.1 Å². The van der Waals surface area contributed by atoms with Crippen LogP contribution < -0.4 is 14.2 Å². The van der Waals surface area contributed by atoms with Crippen molar-refractivity contribution in [2.75, 3.05) is 11.8 Å². The molecule has 0 fully saturated rings. The third-order valence-electron chi connectivity index (χ3n) is 5.05. The summed E-state index contributed by atoms with van der Waals surface area (Å²) in [5.74, 6) is -2.13. The van der Waals surface area contributed by atoms with E-state index < -0.39 is 44.4 Å². The van der Waals surface area contributed by atoms with E-state index >= 15 is 4.39 Å². The minimum Gasteiger partial charge on any atom is -0.487 e. The standard InChI is InChI=1S/C22H18F2N6O4S/c1-3-17-14-7-13(10-26-21(14)29-28-17)34-11-15-16(23)4-5-18(20(15)24)30-35(31,32)19-6-12(8-25)9-27-22(19)33-2/h4-7,9-10,30H,3,11H2,1-2H3,(H,26,28,29). The number of ether oxygens (including phenoxy) is 2. The van der Waals surface area contributed by atoms with E-state index in [2.05, 4.69) is 24.9 Å². The number of aromatic nitrogens is 4. The molecule has 10 nitrogen and oxygen atoms in total. The zero-order valence-electron chi connectivity index (χ0n) is 18.5. The van der Waals surface area contributed by atoms with E-state index in [1.807, 2.05) is 6.92 Å². The molecule has 0 bridgehead atoms. The normalized spacial score (nSPS) is 11.3. The number of sulfonamides is 1. The van der Waals surface area contributed by atoms with Gasteiger partial charge in [-0.25, -0.2) is 27.2 Å². The van der Waals surface area contributed by atoms with Gasteiger partial charge in [0.25, 0.3) is 10.0 Å². The molecule has 2 N–H and O–H groups in total. The van der Waals surface area contributed by atoms with Gasteiger partial charge in [0.2, 0.25) is 5.88 Å². The third kappa shape index (κ3) is 4.69. The van der Waals surface area contributed by atoms with Crippen LogP contribution in [0, 0.1) is 23.0 Å². The van der Waals surface area contributed by atoms with Crippen LogP contribution >= 0.6 is 0 Å². The van der Waals surface area contributed by atoms with Crippen molar-refractivity contribution in [3.05, 3.63) is 65.1 Å². The van der Waals surface area contributed by atoms with Gasteiger partial charge in [0, 0.05) is 11.6 Å². The monoisotopic (exact) mass is 500 g/mol. The van der Waals surface area contributed by atoms with E-state index in [9.17, 15) is 12.8 Å². The second-order valence-electron chi connectivity index (χ2n) is 7.22. The second-order valence-corrected chi connectivity index (χ2v) is 8.87. The first-order valence-corrected chi connectivity index (χ1v) is 11.6. The van der Waals surface area contributed by atoms with Gasteiger partial charge in [0.1, 0.15) is 24.2 Å². The summed E-state index contributed by atoms with van der Waals surface area (Å²) in [6, 6.07) is 6.30. The molecule has 3 heterocycles. The van der Waals surface area contributed by atoms with Crippen LogP contribution in [-0.2, 0) is 23.1 Å². The smallest absolute Gasteiger partial charge is 0.267 e. The van der Waals surface area contributed by atoms with Crippen LogP contribution in [0.25, 0.3) is 11.0 Å². The van der Waals surface area contributed by atoms with Crippen molar-refractivity contribution >= 4 is 26.7 Å². The fourth-order valence-corrected chi connectivity index (χ4v) is 4.49. The lowest BCUT2D eigenvalue weighted by molar-refractivity contribution is 0.292. The Morgan fingerprint density at radius 3 is 2.71 bits per heavy atom. The van der Waals surface area contributed by atoms with Crippen molar-refractivity contribution in [2.45, 2.75) is 24.8 Å². The van der Waals surface area contributed by atoms with Crippen LogP contribution in [0.1, 0.15) is 23.7 Å². The van der Waals surface area contributed by atoms with Gasteiger partial charge < -0.3 is 9.47 Å². The highest BCUT2D eigenvalue weighted by Crippen LogP contribution is 2.29. The van der Waals surface area contributed by atoms with Gasteiger partial charge in [-0.2, -0.15) is 10.4 Å². The maximum Gasteiger partial charge on any atom is 0.267 e. The first kappa shape index (κ1) is 23.8. The van der Waals surface area contributed by atoms with Crippen molar-refractivity contribution in [1.29, 1.82) is 5.26 Å². The number of aromatic amines is 1. The van der Waals surface area contributed by atoms with Crippen LogP contribution in [0.15, 0.2) is 41.6 Å². The molecule has 1 aromatic carbocycles. The molecule has 0 atom stereocenters. The topological polar surface area (TPSA) is 143 Å². The molecule has 0 radical (unpaired) electrons. The lowest BCUT2D eigenvalue weighted by Crippen LogP contribution is -2.17. The summed E-state index contributed by atoms with van der Waals surface area (Å²) in [5, 5.41) is 16.7. The quantitative estimate of drug-likeness (QED) is 0.374. The molecule has 0 aliphatic heterocycles. The average Bonchev–Trinajstić information content (AvgIpc) is 3.27. The van der Waals surface area contributed by atoms with Crippen LogP contribution in [0.2, 0.25) is 0 Å². The van der Waals surface area contributed by atoms with Crippen molar-refractivity contribution in [3.8, 4) is 17.7 Å². The molecule has 3 aromatic heterocycles. The van der Waals surface area contributed by atoms with Crippen LogP contribution in [0.3, 0.4) is 0 Å². The molecule has 0 amide bonds. The molecule has 0 saturated heterocycles. The number of anilines is 1. The van der Waals surface area contributed by atoms with Crippen molar-refractivity contribution in [1.82, 2.24) is 20.2 Å². The summed E-state index contributed by atoms with van der Waals surface area (Å²) >= 11 is 0. The van der Waals surface area contributed by atoms with Gasteiger partial charge in [0.15, 0.2) is 16.4 Å². The highest BCUT2D eigenvalue weighted by atomic mass is 32.2. The Morgan fingerprint density at radius 1 is 1.20 bits per heavy atom. The molecule has 0 aliphatic rings. The number of nitrogens with one attached hydrogen (secondary N) is 2. The van der Waals surface area contributed by atoms with Gasteiger partial charge in [-0.05, 0) is 30.7 Å². The van der Waals surface area contributed by atoms with Crippen molar-refractivity contribution in [3.63, 3.8) is 0 Å². The molecular formula is C22H18F2N6O4S. The number of hydrogen-bond acceptors (Lipinski definition) is 8. The van der Waals surface area contributed by atoms with Crippen molar-refractivity contribution in [2.24, 2.45) is 0 Å². The number of hydrogen-bond donors (Lipinski definition) is 2. The molecule has 0 spiro atoms. The lowest BCUT2D eigenvalue weighted by atomic mass is 10.2. The first-order chi connectivity index (χ1) is 16.8. The summed E-state index contributed by atoms with van der Waals surface area (Å²) in [4.78, 5) is 7.47. The number of H-pyrrole nitrogens is 1. The van der Waals surface area contributed by atoms with Gasteiger partial charge in [-0.3, -0.25) is 9.82 Å². The second kappa shape index (κ2) is 9.51. The number of halogens is 2. The van der Waals surface area contributed by atoms with Gasteiger partial charge in [0.05, 0.1) is 35.8 Å². The number of nitrogens with zero attached hydrogens (tertiary/aromatic N) is 4. The molecule has 4 aromatic rings. The van der Waals surface area contributed by atoms with Gasteiger partial charge in [-0.15, -0.1) is 0 Å². The summed E-state index contributed by atoms with van der Waals surface area (Å²) in [6.45, 7) is 1.39. The number of nitriles is 1. The van der Waals surface area contributed by atoms with E-state index in [-0.39, 0.29) is 17.2 Å². The Labute approximate surface area is 198 Å². The average molecular weight is 500 g/mol. The molecule has 180 valence electrons. The molecule has 4 rings (SSSR count). The zero-order valence-corrected chi connectivity index (χ0v) is 19.3. The molecule has 35 heavy (non-hydrogen) atoms. The Kier molecular flexibility index (Phi) is 6.48. The Balaban J connectivity index is 1.62. The van der Waals surface area contributed by atoms with Crippen LogP contribution in [0.5, 0.6) is 11.6 Å². The van der Waals surface area contributed by atoms with E-state index in [0.29, 0.717) is 12.1 Å². The maximum atomic E-state index is 15.2. The summed E-state index contributed by atoms with van der Waals surface area (Å²) in [5.41, 5.74) is 0.245. The molecular weight excluding hydrogens is 482 g/mol. The number of benzene rings is 1. The molecule has 13 heteroatoms. The highest BCUT2D eigenvalue weighted by Gasteiger charge is 2.25. The molecule has 0 unspecified atom stereocenters. The zero-order chi connectivity index (χ0) is 25.2. The Bertz CT molecular complexity index is 1570. The SMILES string of the molecule is CCc1n[nH]c2ncc(OCc3c(F)ccc(NS(=O)(=O)c4cc(C#N)cnc4OC)c3F)cc12. The number of fused-ring (bicyclic) bond motifs is 1. The first-order valence-electron chi connectivity index (χ1n) is 10.2. The third-order valence-corrected chi connectivity index (χ3v) is 6.41. The predicted octanol–water partition coefficient (Wildman–Crippen LogP) is 3.45. The number of pyridine rings is 2. The summed E-state index contributed by atoms with van der Waals surface area (Å²) in [6.07, 6.45) is 3.16. The fourth-order valence-electron chi connectivity index (χ4n) is 3.29. The van der Waals surface area contributed by atoms with E-state index in [1.165, 1.54) is 13.3 Å². The number of rotatable bonds is 8. The molecule has 0 saturated carbocycles. The van der Waals surface area contributed by atoms with Gasteiger partial charge in [-0.1, -0.05) is 6.92 Å². The maximum absolute atomic E-state index is 15.2. The van der Waals surface area contributed by atoms with Crippen LogP contribution in [0.4, 0.5) is 14.5 Å². The van der Waals surface area contributed by atoms with Crippen LogP contribution in [-0.4, -0.2) is 35.7 Å². The number of methoxy groups -OCH3 is 1.